The third kappa shape index (κ3) is 6.84. The van der Waals surface area contributed by atoms with Crippen LogP contribution in [0.1, 0.15) is 30.3 Å². The van der Waals surface area contributed by atoms with Gasteiger partial charge in [-0.25, -0.2) is 0 Å². The summed E-state index contributed by atoms with van der Waals surface area (Å²) in [6.07, 6.45) is 2.52. The molecule has 0 atom stereocenters. The van der Waals surface area contributed by atoms with Gasteiger partial charge in [-0.1, -0.05) is 6.07 Å². The highest BCUT2D eigenvalue weighted by Crippen LogP contribution is 2.20. The van der Waals surface area contributed by atoms with Gasteiger partial charge < -0.3 is 29.0 Å². The molecule has 1 fully saturated rings. The van der Waals surface area contributed by atoms with E-state index in [0.29, 0.717) is 44.0 Å². The number of anilines is 1. The van der Waals surface area contributed by atoms with Gasteiger partial charge in [0, 0.05) is 31.9 Å². The van der Waals surface area contributed by atoms with E-state index in [2.05, 4.69) is 5.32 Å². The Kier molecular flexibility index (Phi) is 8.66. The summed E-state index contributed by atoms with van der Waals surface area (Å²) in [5.74, 6) is -0.771. The Hall–Kier alpha value is -3.82. The average Bonchev–Trinajstić information content (AvgIpc) is 3.38. The maximum absolute atomic E-state index is 12.6. The summed E-state index contributed by atoms with van der Waals surface area (Å²) < 4.78 is 15.7. The summed E-state index contributed by atoms with van der Waals surface area (Å²) in [6.45, 7) is 2.69. The van der Waals surface area contributed by atoms with E-state index >= 15 is 0 Å². The molecular weight excluding hydrogens is 442 g/mol. The summed E-state index contributed by atoms with van der Waals surface area (Å²) in [7, 11) is 1.54. The maximum Gasteiger partial charge on any atom is 0.309 e. The van der Waals surface area contributed by atoms with E-state index in [0.717, 1.165) is 0 Å². The molecule has 0 aliphatic carbocycles. The monoisotopic (exact) mass is 471 g/mol. The fourth-order valence-electron chi connectivity index (χ4n) is 3.54. The molecule has 0 saturated carbocycles. The summed E-state index contributed by atoms with van der Waals surface area (Å²) in [6, 6.07) is 9.79. The Morgan fingerprint density at radius 1 is 1.15 bits per heavy atom. The van der Waals surface area contributed by atoms with Gasteiger partial charge in [-0.15, -0.1) is 0 Å². The molecule has 0 radical (unpaired) electrons. The molecule has 0 spiro atoms. The van der Waals surface area contributed by atoms with E-state index in [-0.39, 0.29) is 42.6 Å². The number of benzene rings is 1. The molecule has 10 heteroatoms. The van der Waals surface area contributed by atoms with Crippen LogP contribution in [0.4, 0.5) is 5.69 Å². The molecule has 2 aromatic rings. The molecule has 3 amide bonds. The molecule has 1 N–H and O–H groups in total. The van der Waals surface area contributed by atoms with Crippen molar-refractivity contribution in [1.29, 1.82) is 0 Å². The van der Waals surface area contributed by atoms with Crippen LogP contribution in [0.2, 0.25) is 0 Å². The predicted octanol–water partition coefficient (Wildman–Crippen LogP) is 2.17. The van der Waals surface area contributed by atoms with E-state index in [1.165, 1.54) is 18.2 Å². The smallest absolute Gasteiger partial charge is 0.309 e. The third-order valence-corrected chi connectivity index (χ3v) is 5.46. The maximum atomic E-state index is 12.6. The summed E-state index contributed by atoms with van der Waals surface area (Å²) in [5, 5.41) is 2.69. The van der Waals surface area contributed by atoms with E-state index in [1.807, 2.05) is 0 Å². The van der Waals surface area contributed by atoms with Crippen molar-refractivity contribution in [3.63, 3.8) is 0 Å². The topological polar surface area (TPSA) is 118 Å². The van der Waals surface area contributed by atoms with Gasteiger partial charge >= 0.3 is 5.97 Å². The molecular formula is C24H29N3O7. The first kappa shape index (κ1) is 24.8. The minimum Gasteiger partial charge on any atom is -0.484 e. The summed E-state index contributed by atoms with van der Waals surface area (Å²) in [4.78, 5) is 51.9. The van der Waals surface area contributed by atoms with Gasteiger partial charge in [0.15, 0.2) is 12.4 Å². The van der Waals surface area contributed by atoms with Crippen molar-refractivity contribution in [3.05, 3.63) is 48.4 Å². The second-order valence-electron chi connectivity index (χ2n) is 7.90. The number of ether oxygens (including phenoxy) is 2. The largest absolute Gasteiger partial charge is 0.484 e. The van der Waals surface area contributed by atoms with Gasteiger partial charge in [0.05, 0.1) is 25.3 Å². The first-order valence-corrected chi connectivity index (χ1v) is 11.1. The number of hydrogen-bond donors (Lipinski definition) is 1. The van der Waals surface area contributed by atoms with Crippen LogP contribution < -0.4 is 10.1 Å². The SMILES string of the molecule is CCOC(=O)C1CCN(C(=O)CN(C)C(=O)COc2cccc(NC(=O)c3ccco3)c2)CC1. The van der Waals surface area contributed by atoms with Crippen LogP contribution in [0.25, 0.3) is 0 Å². The van der Waals surface area contributed by atoms with Crippen LogP contribution in [-0.4, -0.2) is 73.4 Å². The van der Waals surface area contributed by atoms with E-state index in [1.54, 1.807) is 48.2 Å². The van der Waals surface area contributed by atoms with Crippen molar-refractivity contribution < 1.29 is 33.1 Å². The Labute approximate surface area is 197 Å². The second-order valence-corrected chi connectivity index (χ2v) is 7.90. The number of hydrogen-bond acceptors (Lipinski definition) is 7. The molecule has 182 valence electrons. The average molecular weight is 472 g/mol. The zero-order valence-electron chi connectivity index (χ0n) is 19.3. The first-order chi connectivity index (χ1) is 16.4. The normalized spacial score (nSPS) is 13.8. The van der Waals surface area contributed by atoms with Crippen molar-refractivity contribution in [3.8, 4) is 5.75 Å². The lowest BCUT2D eigenvalue weighted by atomic mass is 9.97. The summed E-state index contributed by atoms with van der Waals surface area (Å²) in [5.41, 5.74) is 0.487. The molecule has 34 heavy (non-hydrogen) atoms. The number of nitrogens with zero attached hydrogens (tertiary/aromatic N) is 2. The fraction of sp³-hybridized carbons (Fsp3) is 0.417. The molecule has 3 rings (SSSR count). The second kappa shape index (κ2) is 11.9. The number of likely N-dealkylation sites (N-methyl/N-ethyl adjacent to an activating group) is 1. The highest BCUT2D eigenvalue weighted by atomic mass is 16.5. The lowest BCUT2D eigenvalue weighted by Crippen LogP contribution is -2.46. The van der Waals surface area contributed by atoms with Crippen LogP contribution in [0.15, 0.2) is 47.1 Å². The molecule has 1 aromatic carbocycles. The highest BCUT2D eigenvalue weighted by molar-refractivity contribution is 6.02. The number of carbonyl (C=O) groups excluding carboxylic acids is 4. The summed E-state index contributed by atoms with van der Waals surface area (Å²) >= 11 is 0. The molecule has 2 heterocycles. The minimum atomic E-state index is -0.400. The number of furan rings is 1. The van der Waals surface area contributed by atoms with Crippen molar-refractivity contribution in [2.45, 2.75) is 19.8 Å². The Balaban J connectivity index is 1.43. The fourth-order valence-corrected chi connectivity index (χ4v) is 3.54. The van der Waals surface area contributed by atoms with Crippen molar-refractivity contribution in [2.24, 2.45) is 5.92 Å². The van der Waals surface area contributed by atoms with Gasteiger partial charge in [0.2, 0.25) is 5.91 Å². The first-order valence-electron chi connectivity index (χ1n) is 11.1. The number of piperidine rings is 1. The lowest BCUT2D eigenvalue weighted by Gasteiger charge is -2.32. The van der Waals surface area contributed by atoms with E-state index in [9.17, 15) is 19.2 Å². The van der Waals surface area contributed by atoms with Gasteiger partial charge in [0.25, 0.3) is 11.8 Å². The highest BCUT2D eigenvalue weighted by Gasteiger charge is 2.29. The van der Waals surface area contributed by atoms with Gasteiger partial charge in [-0.05, 0) is 44.0 Å². The van der Waals surface area contributed by atoms with E-state index < -0.39 is 5.91 Å². The van der Waals surface area contributed by atoms with E-state index in [4.69, 9.17) is 13.9 Å². The lowest BCUT2D eigenvalue weighted by molar-refractivity contribution is -0.151. The number of rotatable bonds is 9. The number of esters is 1. The number of nitrogens with one attached hydrogen (secondary N) is 1. The van der Waals surface area contributed by atoms with Crippen molar-refractivity contribution >= 4 is 29.4 Å². The van der Waals surface area contributed by atoms with Crippen molar-refractivity contribution in [2.75, 3.05) is 45.2 Å². The molecule has 1 aliphatic rings. The standard InChI is InChI=1S/C24H29N3O7/c1-3-32-24(31)17-9-11-27(12-10-17)21(28)15-26(2)22(29)16-34-19-7-4-6-18(14-19)25-23(30)20-8-5-13-33-20/h4-8,13-14,17H,3,9-12,15-16H2,1-2H3,(H,25,30). The molecule has 0 unspecified atom stereocenters. The predicted molar refractivity (Wildman–Crippen MR) is 122 cm³/mol. The Morgan fingerprint density at radius 2 is 1.91 bits per heavy atom. The Morgan fingerprint density at radius 3 is 2.59 bits per heavy atom. The third-order valence-electron chi connectivity index (χ3n) is 5.46. The van der Waals surface area contributed by atoms with Gasteiger partial charge in [-0.2, -0.15) is 0 Å². The van der Waals surface area contributed by atoms with Crippen LogP contribution in [0, 0.1) is 5.92 Å². The number of carbonyl (C=O) groups is 4. The van der Waals surface area contributed by atoms with Crippen LogP contribution in [0.3, 0.4) is 0 Å². The van der Waals surface area contributed by atoms with Gasteiger partial charge in [0.1, 0.15) is 5.75 Å². The molecule has 1 aromatic heterocycles. The molecule has 10 nitrogen and oxygen atoms in total. The Bertz CT molecular complexity index is 998. The minimum absolute atomic E-state index is 0.0779. The number of likely N-dealkylation sites (tertiary alicyclic amines) is 1. The zero-order chi connectivity index (χ0) is 24.5. The molecule has 0 bridgehead atoms. The van der Waals surface area contributed by atoms with Crippen LogP contribution >= 0.6 is 0 Å². The number of amides is 3. The van der Waals surface area contributed by atoms with Crippen molar-refractivity contribution in [1.82, 2.24) is 9.80 Å². The van der Waals surface area contributed by atoms with Gasteiger partial charge in [-0.3, -0.25) is 19.2 Å². The molecule has 1 aliphatic heterocycles. The quantitative estimate of drug-likeness (QED) is 0.557. The zero-order valence-corrected chi connectivity index (χ0v) is 19.3. The van der Waals surface area contributed by atoms with Crippen LogP contribution in [-0.2, 0) is 19.1 Å². The molecule has 1 saturated heterocycles. The van der Waals surface area contributed by atoms with Crippen LogP contribution in [0.5, 0.6) is 5.75 Å².